The molecule has 3 rings (SSSR count). The molecular formula is C25H23FN4O4. The monoisotopic (exact) mass is 462 g/mol. The Hall–Kier alpha value is -4.53. The van der Waals surface area contributed by atoms with Crippen LogP contribution in [0.1, 0.15) is 18.1 Å². The van der Waals surface area contributed by atoms with E-state index in [4.69, 9.17) is 4.74 Å². The fraction of sp³-hybridized carbons (Fsp3) is 0.120. The van der Waals surface area contributed by atoms with E-state index in [-0.39, 0.29) is 18.2 Å². The summed E-state index contributed by atoms with van der Waals surface area (Å²) >= 11 is 0. The van der Waals surface area contributed by atoms with Crippen molar-refractivity contribution in [1.29, 1.82) is 0 Å². The Balaban J connectivity index is 1.52. The Morgan fingerprint density at radius 1 is 0.912 bits per heavy atom. The molecule has 3 aromatic carbocycles. The average Bonchev–Trinajstić information content (AvgIpc) is 2.85. The van der Waals surface area contributed by atoms with Crippen LogP contribution in [0.15, 0.2) is 77.9 Å². The molecule has 3 aromatic rings. The lowest BCUT2D eigenvalue weighted by Crippen LogP contribution is -2.32. The van der Waals surface area contributed by atoms with Gasteiger partial charge in [0.15, 0.2) is 6.61 Å². The van der Waals surface area contributed by atoms with Crippen LogP contribution in [0.5, 0.6) is 5.75 Å². The molecule has 0 atom stereocenters. The lowest BCUT2D eigenvalue weighted by molar-refractivity contribution is -0.136. The van der Waals surface area contributed by atoms with Gasteiger partial charge < -0.3 is 15.4 Å². The first kappa shape index (κ1) is 24.1. The van der Waals surface area contributed by atoms with Gasteiger partial charge in [0, 0.05) is 11.3 Å². The number of carbonyl (C=O) groups excluding carboxylic acids is 3. The van der Waals surface area contributed by atoms with Gasteiger partial charge in [0.2, 0.25) is 0 Å². The molecule has 0 heterocycles. The summed E-state index contributed by atoms with van der Waals surface area (Å²) in [6.45, 7) is 1.81. The predicted molar refractivity (Wildman–Crippen MR) is 127 cm³/mol. The number of amides is 3. The summed E-state index contributed by atoms with van der Waals surface area (Å²) in [4.78, 5) is 36.0. The summed E-state index contributed by atoms with van der Waals surface area (Å²) in [7, 11) is 0. The largest absolute Gasteiger partial charge is 0.483 e. The van der Waals surface area contributed by atoms with Crippen molar-refractivity contribution in [3.8, 4) is 5.75 Å². The zero-order valence-corrected chi connectivity index (χ0v) is 18.4. The highest BCUT2D eigenvalue weighted by molar-refractivity contribution is 6.39. The van der Waals surface area contributed by atoms with Gasteiger partial charge >= 0.3 is 11.8 Å². The molecule has 0 unspecified atom stereocenters. The van der Waals surface area contributed by atoms with Gasteiger partial charge in [-0.3, -0.25) is 14.4 Å². The minimum atomic E-state index is -1.08. The van der Waals surface area contributed by atoms with Gasteiger partial charge in [-0.1, -0.05) is 43.3 Å². The average molecular weight is 462 g/mol. The Morgan fingerprint density at radius 2 is 1.62 bits per heavy atom. The molecule has 0 saturated carbocycles. The summed E-state index contributed by atoms with van der Waals surface area (Å²) in [5.74, 6) is -2.80. The third kappa shape index (κ3) is 6.99. The zero-order valence-electron chi connectivity index (χ0n) is 18.4. The van der Waals surface area contributed by atoms with E-state index in [1.807, 2.05) is 31.2 Å². The Kier molecular flexibility index (Phi) is 8.45. The maximum absolute atomic E-state index is 13.6. The van der Waals surface area contributed by atoms with Crippen LogP contribution in [0, 0.1) is 5.82 Å². The van der Waals surface area contributed by atoms with Gasteiger partial charge in [-0.2, -0.15) is 5.10 Å². The van der Waals surface area contributed by atoms with Crippen molar-refractivity contribution >= 4 is 35.3 Å². The zero-order chi connectivity index (χ0) is 24.3. The van der Waals surface area contributed by atoms with Gasteiger partial charge in [0.25, 0.3) is 5.91 Å². The smallest absolute Gasteiger partial charge is 0.329 e. The molecule has 8 nitrogen and oxygen atoms in total. The molecule has 174 valence electrons. The van der Waals surface area contributed by atoms with Crippen LogP contribution >= 0.6 is 0 Å². The number of rotatable bonds is 8. The van der Waals surface area contributed by atoms with E-state index in [1.165, 1.54) is 30.0 Å². The predicted octanol–water partition coefficient (Wildman–Crippen LogP) is 3.49. The second-order valence-corrected chi connectivity index (χ2v) is 7.06. The number of carbonyl (C=O) groups is 3. The number of hydrogen-bond donors (Lipinski definition) is 3. The van der Waals surface area contributed by atoms with Crippen LogP contribution in [-0.2, 0) is 20.8 Å². The second-order valence-electron chi connectivity index (χ2n) is 7.06. The summed E-state index contributed by atoms with van der Waals surface area (Å²) in [5, 5.41) is 8.65. The number of para-hydroxylation sites is 2. The number of anilines is 2. The van der Waals surface area contributed by atoms with Crippen molar-refractivity contribution < 1.29 is 23.5 Å². The highest BCUT2D eigenvalue weighted by atomic mass is 19.1. The normalized spacial score (nSPS) is 10.5. The van der Waals surface area contributed by atoms with Crippen LogP contribution in [0.3, 0.4) is 0 Å². The SMILES string of the molecule is CCc1ccc(NC(=O)COc2ccccc2/C=N\NC(=O)C(=O)Nc2ccccc2F)cc1. The fourth-order valence-corrected chi connectivity index (χ4v) is 2.84. The molecule has 9 heteroatoms. The van der Waals surface area contributed by atoms with E-state index in [9.17, 15) is 18.8 Å². The van der Waals surface area contributed by atoms with Gasteiger partial charge in [-0.15, -0.1) is 0 Å². The molecule has 0 aliphatic carbocycles. The minimum absolute atomic E-state index is 0.120. The Labute approximate surface area is 195 Å². The first-order valence-corrected chi connectivity index (χ1v) is 10.5. The maximum Gasteiger partial charge on any atom is 0.329 e. The molecule has 3 amide bonds. The third-order valence-corrected chi connectivity index (χ3v) is 4.62. The molecule has 3 N–H and O–H groups in total. The summed E-state index contributed by atoms with van der Waals surface area (Å²) in [5.41, 5.74) is 4.25. The first-order chi connectivity index (χ1) is 16.5. The number of hydrogen-bond acceptors (Lipinski definition) is 5. The van der Waals surface area contributed by atoms with Crippen LogP contribution in [0.25, 0.3) is 0 Å². The van der Waals surface area contributed by atoms with E-state index in [1.54, 1.807) is 24.3 Å². The Morgan fingerprint density at radius 3 is 2.35 bits per heavy atom. The number of nitrogens with zero attached hydrogens (tertiary/aromatic N) is 1. The second kappa shape index (κ2) is 11.9. The van der Waals surface area contributed by atoms with Crippen molar-refractivity contribution in [3.63, 3.8) is 0 Å². The molecule has 0 aliphatic rings. The van der Waals surface area contributed by atoms with Crippen molar-refractivity contribution in [1.82, 2.24) is 5.43 Å². The topological polar surface area (TPSA) is 109 Å². The van der Waals surface area contributed by atoms with Crippen molar-refractivity contribution in [3.05, 3.63) is 89.7 Å². The van der Waals surface area contributed by atoms with Crippen LogP contribution < -0.4 is 20.8 Å². The summed E-state index contributed by atoms with van der Waals surface area (Å²) in [6, 6.07) is 19.7. The molecule has 0 radical (unpaired) electrons. The lowest BCUT2D eigenvalue weighted by Gasteiger charge is -2.10. The van der Waals surface area contributed by atoms with E-state index >= 15 is 0 Å². The van der Waals surface area contributed by atoms with Crippen LogP contribution in [-0.4, -0.2) is 30.5 Å². The molecular weight excluding hydrogens is 439 g/mol. The van der Waals surface area contributed by atoms with Crippen molar-refractivity contribution in [2.24, 2.45) is 5.10 Å². The fourth-order valence-electron chi connectivity index (χ4n) is 2.84. The number of benzene rings is 3. The summed E-state index contributed by atoms with van der Waals surface area (Å²) < 4.78 is 19.2. The molecule has 0 aliphatic heterocycles. The quantitative estimate of drug-likeness (QED) is 0.270. The number of ether oxygens (including phenoxy) is 1. The number of hydrazone groups is 1. The minimum Gasteiger partial charge on any atom is -0.483 e. The van der Waals surface area contributed by atoms with E-state index in [0.717, 1.165) is 12.5 Å². The molecule has 0 aromatic heterocycles. The molecule has 34 heavy (non-hydrogen) atoms. The first-order valence-electron chi connectivity index (χ1n) is 10.5. The summed E-state index contributed by atoms with van der Waals surface area (Å²) in [6.07, 6.45) is 2.18. The van der Waals surface area contributed by atoms with Gasteiger partial charge in [-0.25, -0.2) is 9.82 Å². The molecule has 0 saturated heterocycles. The van der Waals surface area contributed by atoms with Crippen LogP contribution in [0.2, 0.25) is 0 Å². The third-order valence-electron chi connectivity index (χ3n) is 4.62. The van der Waals surface area contributed by atoms with Gasteiger partial charge in [0.1, 0.15) is 11.6 Å². The standard InChI is InChI=1S/C25H23FN4O4/c1-2-17-11-13-19(14-12-17)28-23(31)16-34-22-10-6-3-7-18(22)15-27-30-25(33)24(32)29-21-9-5-4-8-20(21)26/h3-15H,2,16H2,1H3,(H,28,31)(H,29,32)(H,30,33)/b27-15-. The van der Waals surface area contributed by atoms with Crippen molar-refractivity contribution in [2.75, 3.05) is 17.2 Å². The van der Waals surface area contributed by atoms with E-state index in [0.29, 0.717) is 17.0 Å². The maximum atomic E-state index is 13.6. The Bertz CT molecular complexity index is 1200. The highest BCUT2D eigenvalue weighted by Gasteiger charge is 2.14. The van der Waals surface area contributed by atoms with Crippen molar-refractivity contribution in [2.45, 2.75) is 13.3 Å². The molecule has 0 spiro atoms. The highest BCUT2D eigenvalue weighted by Crippen LogP contribution is 2.16. The van der Waals surface area contributed by atoms with E-state index < -0.39 is 17.6 Å². The van der Waals surface area contributed by atoms with Gasteiger partial charge in [0.05, 0.1) is 11.9 Å². The van der Waals surface area contributed by atoms with Gasteiger partial charge in [-0.05, 0) is 48.4 Å². The number of nitrogens with one attached hydrogen (secondary N) is 3. The molecule has 0 fully saturated rings. The lowest BCUT2D eigenvalue weighted by atomic mass is 10.1. The molecule has 0 bridgehead atoms. The van der Waals surface area contributed by atoms with Crippen LogP contribution in [0.4, 0.5) is 15.8 Å². The number of halogens is 1. The number of aryl methyl sites for hydroxylation is 1. The van der Waals surface area contributed by atoms with E-state index in [2.05, 4.69) is 21.2 Å².